The van der Waals surface area contributed by atoms with Crippen molar-refractivity contribution in [2.75, 3.05) is 10.6 Å². The smallest absolute Gasteiger partial charge is 0.331 e. The van der Waals surface area contributed by atoms with E-state index in [2.05, 4.69) is 4.98 Å². The highest BCUT2D eigenvalue weighted by Gasteiger charge is 2.26. The Labute approximate surface area is 205 Å². The summed E-state index contributed by atoms with van der Waals surface area (Å²) in [4.78, 5) is 67.6. The lowest BCUT2D eigenvalue weighted by Crippen LogP contribution is -2.47. The molecule has 0 saturated carbocycles. The molecule has 0 unspecified atom stereocenters. The highest BCUT2D eigenvalue weighted by molar-refractivity contribution is 5.95. The summed E-state index contributed by atoms with van der Waals surface area (Å²) < 4.78 is 2.97. The number of hydrogen-bond acceptors (Lipinski definition) is 7. The van der Waals surface area contributed by atoms with E-state index in [0.717, 1.165) is 22.1 Å². The fourth-order valence-corrected chi connectivity index (χ4v) is 3.75. The van der Waals surface area contributed by atoms with Crippen LogP contribution in [-0.2, 0) is 31.0 Å². The number of benzene rings is 1. The minimum atomic E-state index is -0.921. The molecule has 1 aromatic carbocycles. The maximum atomic E-state index is 13.6. The Hall–Kier alpha value is -4.66. The predicted octanol–water partition coefficient (Wildman–Crippen LogP) is 0.367. The molecule has 0 fully saturated rings. The molecule has 0 saturated heterocycles. The van der Waals surface area contributed by atoms with E-state index in [1.165, 1.54) is 4.57 Å². The van der Waals surface area contributed by atoms with Crippen LogP contribution in [0.2, 0.25) is 0 Å². The van der Waals surface area contributed by atoms with Gasteiger partial charge in [0.15, 0.2) is 5.69 Å². The van der Waals surface area contributed by atoms with Crippen molar-refractivity contribution in [1.82, 2.24) is 18.7 Å². The number of nitrogens with two attached hydrogens (primary N) is 1. The number of hydrogen-bond donors (Lipinski definition) is 2. The lowest BCUT2D eigenvalue weighted by atomic mass is 10.2. The number of carbonyl (C=O) groups is 1. The molecule has 3 aromatic rings. The summed E-state index contributed by atoms with van der Waals surface area (Å²) in [7, 11) is 0. The van der Waals surface area contributed by atoms with E-state index < -0.39 is 34.9 Å². The molecule has 2 aromatic heterocycles. The molecule has 0 atom stereocenters. The van der Waals surface area contributed by atoms with Crippen molar-refractivity contribution >= 4 is 17.4 Å². The van der Waals surface area contributed by atoms with Gasteiger partial charge in [-0.1, -0.05) is 43.7 Å². The maximum Gasteiger partial charge on any atom is 0.331 e. The van der Waals surface area contributed by atoms with Crippen LogP contribution in [0, 0.1) is 11.3 Å². The van der Waals surface area contributed by atoms with Gasteiger partial charge in [-0.05, 0) is 18.9 Å². The first kappa shape index (κ1) is 26.0. The van der Waals surface area contributed by atoms with Gasteiger partial charge in [0.25, 0.3) is 11.1 Å². The summed E-state index contributed by atoms with van der Waals surface area (Å²) in [6, 6.07) is 10.5. The molecular weight excluding hydrogens is 466 g/mol. The zero-order valence-electron chi connectivity index (χ0n) is 20.1. The van der Waals surface area contributed by atoms with Crippen LogP contribution >= 0.6 is 0 Å². The standard InChI is InChI=1S/C24H27N7O5/c1-3-5-11-29-20(26)19(21(33)27-23(29)35)30(13-16-9-7-6-8-10-16)18(32)15-31-22(34)17(12-25)14-28(4-2)24(31)36/h6-10,14H,3-5,11,13,15,26H2,1-2H3,(H,27,33,35). The van der Waals surface area contributed by atoms with E-state index >= 15 is 0 Å². The minimum Gasteiger partial charge on any atom is -0.383 e. The summed E-state index contributed by atoms with van der Waals surface area (Å²) in [5, 5.41) is 9.30. The van der Waals surface area contributed by atoms with E-state index in [9.17, 15) is 29.2 Å². The fraction of sp³-hybridized carbons (Fsp3) is 0.333. The predicted molar refractivity (Wildman–Crippen MR) is 134 cm³/mol. The second-order valence-corrected chi connectivity index (χ2v) is 8.08. The molecule has 0 bridgehead atoms. The number of aryl methyl sites for hydroxylation is 1. The van der Waals surface area contributed by atoms with Crippen LogP contribution in [0.5, 0.6) is 0 Å². The number of unbranched alkanes of at least 4 members (excludes halogenated alkanes) is 1. The number of rotatable bonds is 9. The summed E-state index contributed by atoms with van der Waals surface area (Å²) >= 11 is 0. The number of nitrogen functional groups attached to an aromatic ring is 1. The van der Waals surface area contributed by atoms with Crippen molar-refractivity contribution in [3.63, 3.8) is 0 Å². The van der Waals surface area contributed by atoms with Crippen LogP contribution in [0.1, 0.15) is 37.8 Å². The second-order valence-electron chi connectivity index (χ2n) is 8.08. The van der Waals surface area contributed by atoms with Gasteiger partial charge < -0.3 is 5.73 Å². The molecule has 0 aliphatic carbocycles. The Bertz CT molecular complexity index is 1540. The molecule has 188 valence electrons. The minimum absolute atomic E-state index is 0.117. The number of anilines is 2. The highest BCUT2D eigenvalue weighted by Crippen LogP contribution is 2.20. The number of nitrogens with zero attached hydrogens (tertiary/aromatic N) is 5. The first-order chi connectivity index (χ1) is 17.2. The van der Waals surface area contributed by atoms with Crippen LogP contribution in [0.15, 0.2) is 55.7 Å². The zero-order chi connectivity index (χ0) is 26.4. The zero-order valence-corrected chi connectivity index (χ0v) is 20.1. The average molecular weight is 494 g/mol. The molecule has 0 radical (unpaired) electrons. The van der Waals surface area contributed by atoms with Gasteiger partial charge in [-0.3, -0.25) is 33.4 Å². The first-order valence-electron chi connectivity index (χ1n) is 11.4. The number of aromatic amines is 1. The topological polar surface area (TPSA) is 169 Å². The van der Waals surface area contributed by atoms with Crippen LogP contribution in [0.25, 0.3) is 0 Å². The van der Waals surface area contributed by atoms with Crippen molar-refractivity contribution in [2.45, 2.75) is 52.9 Å². The molecule has 1 amide bonds. The largest absolute Gasteiger partial charge is 0.383 e. The fourth-order valence-electron chi connectivity index (χ4n) is 3.75. The molecule has 0 aliphatic heterocycles. The third-order valence-electron chi connectivity index (χ3n) is 5.70. The summed E-state index contributed by atoms with van der Waals surface area (Å²) in [5.74, 6) is -1.00. The molecule has 0 spiro atoms. The molecule has 0 aliphatic rings. The van der Waals surface area contributed by atoms with Gasteiger partial charge in [0.2, 0.25) is 5.91 Å². The van der Waals surface area contributed by atoms with E-state index in [4.69, 9.17) is 5.73 Å². The molecule has 36 heavy (non-hydrogen) atoms. The molecule has 2 heterocycles. The third-order valence-corrected chi connectivity index (χ3v) is 5.70. The highest BCUT2D eigenvalue weighted by atomic mass is 16.2. The first-order valence-corrected chi connectivity index (χ1v) is 11.4. The van der Waals surface area contributed by atoms with Crippen LogP contribution < -0.4 is 33.1 Å². The van der Waals surface area contributed by atoms with Gasteiger partial charge in [0.05, 0.1) is 6.54 Å². The number of nitriles is 1. The van der Waals surface area contributed by atoms with Gasteiger partial charge in [-0.15, -0.1) is 0 Å². The van der Waals surface area contributed by atoms with Crippen LogP contribution in [0.4, 0.5) is 11.5 Å². The number of aromatic nitrogens is 4. The van der Waals surface area contributed by atoms with E-state index in [1.807, 2.05) is 6.92 Å². The molecule has 3 rings (SSSR count). The quantitative estimate of drug-likeness (QED) is 0.434. The van der Waals surface area contributed by atoms with E-state index in [0.29, 0.717) is 16.6 Å². The third kappa shape index (κ3) is 5.20. The van der Waals surface area contributed by atoms with Crippen molar-refractivity contribution in [3.05, 3.63) is 89.3 Å². The number of nitrogens with one attached hydrogen (secondary N) is 1. The van der Waals surface area contributed by atoms with Crippen LogP contribution in [0.3, 0.4) is 0 Å². The summed E-state index contributed by atoms with van der Waals surface area (Å²) in [6.45, 7) is 3.12. The Balaban J connectivity index is 2.18. The van der Waals surface area contributed by atoms with E-state index in [-0.39, 0.29) is 36.7 Å². The van der Waals surface area contributed by atoms with Gasteiger partial charge in [0, 0.05) is 19.3 Å². The average Bonchev–Trinajstić information content (AvgIpc) is 2.86. The van der Waals surface area contributed by atoms with Crippen molar-refractivity contribution in [3.8, 4) is 6.07 Å². The monoisotopic (exact) mass is 493 g/mol. The lowest BCUT2D eigenvalue weighted by Gasteiger charge is -2.25. The Morgan fingerprint density at radius 2 is 1.81 bits per heavy atom. The summed E-state index contributed by atoms with van der Waals surface area (Å²) in [5.41, 5.74) is 3.03. The Kier molecular flexibility index (Phi) is 8.06. The second kappa shape index (κ2) is 11.2. The summed E-state index contributed by atoms with van der Waals surface area (Å²) in [6.07, 6.45) is 2.50. The maximum absolute atomic E-state index is 13.6. The van der Waals surface area contributed by atoms with Gasteiger partial charge >= 0.3 is 11.4 Å². The number of carbonyl (C=O) groups excluding carboxylic acids is 1. The van der Waals surface area contributed by atoms with E-state index in [1.54, 1.807) is 43.3 Å². The van der Waals surface area contributed by atoms with Crippen molar-refractivity contribution in [2.24, 2.45) is 0 Å². The number of H-pyrrole nitrogens is 1. The van der Waals surface area contributed by atoms with Crippen LogP contribution in [-0.4, -0.2) is 24.6 Å². The SMILES string of the molecule is CCCCn1c(N)c(N(Cc2ccccc2)C(=O)Cn2c(=O)c(C#N)cn(CC)c2=O)c(=O)[nH]c1=O. The normalized spacial score (nSPS) is 10.7. The number of amides is 1. The van der Waals surface area contributed by atoms with Gasteiger partial charge in [-0.2, -0.15) is 5.26 Å². The lowest BCUT2D eigenvalue weighted by molar-refractivity contribution is -0.119. The van der Waals surface area contributed by atoms with Gasteiger partial charge in [0.1, 0.15) is 24.0 Å². The van der Waals surface area contributed by atoms with Crippen molar-refractivity contribution < 1.29 is 4.79 Å². The van der Waals surface area contributed by atoms with Crippen molar-refractivity contribution in [1.29, 1.82) is 5.26 Å². The molecular formula is C24H27N7O5. The molecule has 3 N–H and O–H groups in total. The Morgan fingerprint density at radius 3 is 2.42 bits per heavy atom. The molecule has 12 heteroatoms. The Morgan fingerprint density at radius 1 is 1.11 bits per heavy atom. The van der Waals surface area contributed by atoms with Gasteiger partial charge in [-0.25, -0.2) is 14.2 Å². The molecule has 12 nitrogen and oxygen atoms in total.